The van der Waals surface area contributed by atoms with Crippen molar-refractivity contribution >= 4 is 11.9 Å². The lowest BCUT2D eigenvalue weighted by atomic mass is 9.71. The van der Waals surface area contributed by atoms with E-state index in [1.54, 1.807) is 18.0 Å². The second-order valence-corrected chi connectivity index (χ2v) is 9.02. The fourth-order valence-corrected chi connectivity index (χ4v) is 5.17. The molecule has 2 aliphatic heterocycles. The standard InChI is InChI=1S/C22H27N7O4/c1-14-18(12-33-20(14)31)28-9-8-22(21(28)32)6-4-16(5-7-22)25-17(11-30)15-2-3-19(23-10-15)29-13-24-26-27-29/h2-3,10,13,16-17,25,30H,4-9,11-12H2,1H3/t16-,17-,22-/m1/s1. The van der Waals surface area contributed by atoms with Gasteiger partial charge in [0.1, 0.15) is 12.9 Å². The largest absolute Gasteiger partial charge is 0.456 e. The Balaban J connectivity index is 1.20. The molecule has 1 saturated heterocycles. The van der Waals surface area contributed by atoms with E-state index in [0.29, 0.717) is 17.9 Å². The predicted octanol–water partition coefficient (Wildman–Crippen LogP) is 0.672. The van der Waals surface area contributed by atoms with Crippen LogP contribution in [0, 0.1) is 5.41 Å². The number of nitrogens with one attached hydrogen (secondary N) is 1. The molecule has 11 nitrogen and oxygen atoms in total. The second-order valence-electron chi connectivity index (χ2n) is 9.02. The number of hydrogen-bond donors (Lipinski definition) is 2. The Labute approximate surface area is 190 Å². The average Bonchev–Trinajstić information content (AvgIpc) is 3.56. The molecular weight excluding hydrogens is 426 g/mol. The number of tetrazole rings is 1. The molecule has 3 aliphatic rings. The highest BCUT2D eigenvalue weighted by atomic mass is 16.5. The Morgan fingerprint density at radius 3 is 2.70 bits per heavy atom. The average molecular weight is 454 g/mol. The zero-order valence-corrected chi connectivity index (χ0v) is 18.5. The summed E-state index contributed by atoms with van der Waals surface area (Å²) in [5, 5.41) is 24.6. The van der Waals surface area contributed by atoms with Crippen LogP contribution in [0.15, 0.2) is 35.9 Å². The van der Waals surface area contributed by atoms with Gasteiger partial charge < -0.3 is 20.1 Å². The van der Waals surface area contributed by atoms with Crippen molar-refractivity contribution in [2.24, 2.45) is 5.41 Å². The van der Waals surface area contributed by atoms with Crippen molar-refractivity contribution in [3.05, 3.63) is 41.5 Å². The highest BCUT2D eigenvalue weighted by Crippen LogP contribution is 2.46. The molecule has 1 amide bonds. The van der Waals surface area contributed by atoms with Gasteiger partial charge in [0.15, 0.2) is 5.82 Å². The summed E-state index contributed by atoms with van der Waals surface area (Å²) in [4.78, 5) is 31.2. The first-order valence-electron chi connectivity index (χ1n) is 11.3. The molecule has 1 saturated carbocycles. The van der Waals surface area contributed by atoms with Crippen LogP contribution < -0.4 is 5.32 Å². The first-order valence-corrected chi connectivity index (χ1v) is 11.3. The smallest absolute Gasteiger partial charge is 0.336 e. The van der Waals surface area contributed by atoms with Crippen LogP contribution in [0.1, 0.15) is 50.6 Å². The summed E-state index contributed by atoms with van der Waals surface area (Å²) in [5.41, 5.74) is 1.79. The molecule has 0 unspecified atom stereocenters. The van der Waals surface area contributed by atoms with Gasteiger partial charge in [-0.15, -0.1) is 5.10 Å². The number of carbonyl (C=O) groups excluding carboxylic acids is 2. The zero-order valence-electron chi connectivity index (χ0n) is 18.5. The first-order chi connectivity index (χ1) is 16.0. The first kappa shape index (κ1) is 21.7. The Hall–Kier alpha value is -3.18. The molecule has 2 fully saturated rings. The molecule has 2 aromatic heterocycles. The lowest BCUT2D eigenvalue weighted by Crippen LogP contribution is -2.43. The van der Waals surface area contributed by atoms with Crippen molar-refractivity contribution in [2.75, 3.05) is 19.8 Å². The van der Waals surface area contributed by atoms with E-state index in [4.69, 9.17) is 4.74 Å². The summed E-state index contributed by atoms with van der Waals surface area (Å²) in [6.45, 7) is 2.50. The normalized spacial score (nSPS) is 26.4. The van der Waals surface area contributed by atoms with Crippen molar-refractivity contribution in [3.63, 3.8) is 0 Å². The van der Waals surface area contributed by atoms with Gasteiger partial charge in [0.25, 0.3) is 0 Å². The van der Waals surface area contributed by atoms with E-state index in [1.807, 2.05) is 12.1 Å². The molecule has 4 heterocycles. The van der Waals surface area contributed by atoms with Gasteiger partial charge in [-0.05, 0) is 61.1 Å². The number of nitrogens with zero attached hydrogens (tertiary/aromatic N) is 6. The molecule has 0 aromatic carbocycles. The van der Waals surface area contributed by atoms with Gasteiger partial charge >= 0.3 is 5.97 Å². The fourth-order valence-electron chi connectivity index (χ4n) is 5.17. The minimum Gasteiger partial charge on any atom is -0.456 e. The third kappa shape index (κ3) is 3.91. The van der Waals surface area contributed by atoms with Crippen molar-refractivity contribution in [3.8, 4) is 5.82 Å². The van der Waals surface area contributed by atoms with Gasteiger partial charge in [-0.3, -0.25) is 4.79 Å². The van der Waals surface area contributed by atoms with Gasteiger partial charge in [0.05, 0.1) is 29.3 Å². The molecule has 0 bridgehead atoms. The van der Waals surface area contributed by atoms with Crippen molar-refractivity contribution < 1.29 is 19.4 Å². The molecule has 2 aromatic rings. The van der Waals surface area contributed by atoms with Crippen LogP contribution in [-0.2, 0) is 14.3 Å². The minimum absolute atomic E-state index is 0.0539. The molecule has 2 N–H and O–H groups in total. The lowest BCUT2D eigenvalue weighted by Gasteiger charge is -2.37. The summed E-state index contributed by atoms with van der Waals surface area (Å²) < 4.78 is 6.57. The van der Waals surface area contributed by atoms with E-state index in [2.05, 4.69) is 25.8 Å². The second kappa shape index (κ2) is 8.64. The van der Waals surface area contributed by atoms with Gasteiger partial charge in [-0.25, -0.2) is 9.78 Å². The summed E-state index contributed by atoms with van der Waals surface area (Å²) in [6.07, 6.45) is 7.26. The molecule has 33 heavy (non-hydrogen) atoms. The number of amides is 1. The number of aliphatic hydroxyl groups is 1. The minimum atomic E-state index is -0.360. The van der Waals surface area contributed by atoms with E-state index in [9.17, 15) is 14.7 Å². The van der Waals surface area contributed by atoms with E-state index in [1.165, 1.54) is 11.0 Å². The highest BCUT2D eigenvalue weighted by Gasteiger charge is 2.50. The van der Waals surface area contributed by atoms with Crippen molar-refractivity contribution in [1.82, 2.24) is 35.4 Å². The van der Waals surface area contributed by atoms with Crippen LogP contribution in [0.5, 0.6) is 0 Å². The molecular formula is C22H27N7O4. The number of rotatable bonds is 6. The molecule has 174 valence electrons. The summed E-state index contributed by atoms with van der Waals surface area (Å²) in [7, 11) is 0. The highest BCUT2D eigenvalue weighted by molar-refractivity contribution is 5.94. The Bertz CT molecular complexity index is 1060. The van der Waals surface area contributed by atoms with Crippen LogP contribution in [-0.4, -0.2) is 72.9 Å². The number of aromatic nitrogens is 5. The number of cyclic esters (lactones) is 1. The fraction of sp³-hybridized carbons (Fsp3) is 0.545. The van der Waals surface area contributed by atoms with Crippen LogP contribution in [0.2, 0.25) is 0 Å². The maximum Gasteiger partial charge on any atom is 0.336 e. The summed E-state index contributed by atoms with van der Waals surface area (Å²) >= 11 is 0. The third-order valence-electron chi connectivity index (χ3n) is 7.24. The summed E-state index contributed by atoms with van der Waals surface area (Å²) in [6, 6.07) is 3.67. The monoisotopic (exact) mass is 453 g/mol. The van der Waals surface area contributed by atoms with Crippen molar-refractivity contribution in [1.29, 1.82) is 0 Å². The van der Waals surface area contributed by atoms with Crippen molar-refractivity contribution in [2.45, 2.75) is 51.1 Å². The molecule has 1 atom stereocenters. The van der Waals surface area contributed by atoms with Gasteiger partial charge in [-0.2, -0.15) is 4.68 Å². The number of ether oxygens (including phenoxy) is 1. The van der Waals surface area contributed by atoms with Crippen LogP contribution in [0.3, 0.4) is 0 Å². The summed E-state index contributed by atoms with van der Waals surface area (Å²) in [5.74, 6) is 0.390. The number of esters is 1. The Morgan fingerprint density at radius 2 is 2.09 bits per heavy atom. The van der Waals surface area contributed by atoms with E-state index in [-0.39, 0.29) is 42.6 Å². The van der Waals surface area contributed by atoms with Gasteiger partial charge in [0, 0.05) is 18.8 Å². The number of likely N-dealkylation sites (tertiary alicyclic amines) is 1. The SMILES string of the molecule is CC1=C(N2CC[C@]3(CC[C@@H](N[C@H](CO)c4ccc(-n5cnnn5)nc4)CC3)C2=O)COC1=O. The maximum atomic E-state index is 13.3. The Morgan fingerprint density at radius 1 is 1.27 bits per heavy atom. The quantitative estimate of drug-likeness (QED) is 0.605. The number of hydrogen-bond acceptors (Lipinski definition) is 9. The molecule has 1 aliphatic carbocycles. The van der Waals surface area contributed by atoms with Crippen LogP contribution in [0.25, 0.3) is 5.82 Å². The van der Waals surface area contributed by atoms with E-state index >= 15 is 0 Å². The number of pyridine rings is 1. The van der Waals surface area contributed by atoms with E-state index in [0.717, 1.165) is 43.4 Å². The molecule has 1 spiro atoms. The van der Waals surface area contributed by atoms with Gasteiger partial charge in [0.2, 0.25) is 5.91 Å². The maximum absolute atomic E-state index is 13.3. The predicted molar refractivity (Wildman–Crippen MR) is 115 cm³/mol. The zero-order chi connectivity index (χ0) is 23.0. The number of carbonyl (C=O) groups is 2. The number of aliphatic hydroxyl groups excluding tert-OH is 1. The topological polar surface area (TPSA) is 135 Å². The molecule has 0 radical (unpaired) electrons. The van der Waals surface area contributed by atoms with Gasteiger partial charge in [-0.1, -0.05) is 6.07 Å². The molecule has 5 rings (SSSR count). The molecule has 11 heteroatoms. The van der Waals surface area contributed by atoms with Crippen LogP contribution >= 0.6 is 0 Å². The Kier molecular flexibility index (Phi) is 5.67. The van der Waals surface area contributed by atoms with Crippen LogP contribution in [0.4, 0.5) is 0 Å². The van der Waals surface area contributed by atoms with E-state index < -0.39 is 0 Å². The third-order valence-corrected chi connectivity index (χ3v) is 7.24. The lowest BCUT2D eigenvalue weighted by molar-refractivity contribution is -0.138.